The molecule has 0 bridgehead atoms. The summed E-state index contributed by atoms with van der Waals surface area (Å²) in [6.45, 7) is 6.16. The van der Waals surface area contributed by atoms with E-state index in [1.807, 2.05) is 17.7 Å². The molecular weight excluding hydrogens is 338 g/mol. The summed E-state index contributed by atoms with van der Waals surface area (Å²) in [6.07, 6.45) is 2.63. The number of carbonyl (C=O) groups excluding carboxylic acids is 1. The third-order valence-corrected chi connectivity index (χ3v) is 4.80. The van der Waals surface area contributed by atoms with Gasteiger partial charge in [0.25, 0.3) is 5.56 Å². The van der Waals surface area contributed by atoms with Gasteiger partial charge in [0.1, 0.15) is 0 Å². The number of hydrogen-bond donors (Lipinski definition) is 0. The number of carbonyl (C=O) groups is 1. The largest absolute Gasteiger partial charge is 0.385 e. The first-order valence-corrected chi connectivity index (χ1v) is 8.48. The lowest BCUT2D eigenvalue weighted by atomic mass is 10.2. The lowest BCUT2D eigenvalue weighted by Crippen LogP contribution is -2.42. The van der Waals surface area contributed by atoms with E-state index in [2.05, 4.69) is 4.98 Å². The third kappa shape index (κ3) is 2.59. The normalized spacial score (nSPS) is 13.0. The summed E-state index contributed by atoms with van der Waals surface area (Å²) >= 11 is 0. The highest BCUT2D eigenvalue weighted by molar-refractivity contribution is 5.80. The summed E-state index contributed by atoms with van der Waals surface area (Å²) in [5.74, 6) is 0.339. The molecule has 1 unspecified atom stereocenters. The van der Waals surface area contributed by atoms with E-state index in [0.717, 1.165) is 16.7 Å². The number of methoxy groups -OCH3 is 1. The van der Waals surface area contributed by atoms with Crippen molar-refractivity contribution in [2.75, 3.05) is 13.7 Å². The van der Waals surface area contributed by atoms with Gasteiger partial charge in [-0.1, -0.05) is 0 Å². The van der Waals surface area contributed by atoms with Gasteiger partial charge in [0.15, 0.2) is 16.9 Å². The van der Waals surface area contributed by atoms with Gasteiger partial charge < -0.3 is 9.30 Å². The van der Waals surface area contributed by atoms with E-state index >= 15 is 0 Å². The Balaban J connectivity index is 2.34. The number of rotatable bonds is 6. The minimum atomic E-state index is -0.832. The average molecular weight is 361 g/mol. The molecule has 0 aliphatic carbocycles. The molecule has 3 aromatic heterocycles. The second-order valence-electron chi connectivity index (χ2n) is 6.53. The second-order valence-corrected chi connectivity index (χ2v) is 6.53. The Bertz CT molecular complexity index is 1110. The van der Waals surface area contributed by atoms with Crippen LogP contribution in [-0.4, -0.2) is 42.6 Å². The molecule has 0 radical (unpaired) electrons. The Labute approximate surface area is 149 Å². The standard InChI is InChI=1S/C17H23N5O4/c1-10-9-21-13-14(18-16(21)20(10)7-6-8-26-5)19(4)17(25)22(15(13)24)11(2)12(3)23/h9,11H,6-8H2,1-5H3. The maximum absolute atomic E-state index is 13.0. The molecule has 1 atom stereocenters. The van der Waals surface area contributed by atoms with Gasteiger partial charge >= 0.3 is 5.69 Å². The van der Waals surface area contributed by atoms with Gasteiger partial charge in [-0.25, -0.2) is 9.36 Å². The number of ether oxygens (including phenoxy) is 1. The fourth-order valence-electron chi connectivity index (χ4n) is 3.19. The maximum atomic E-state index is 13.0. The third-order valence-electron chi connectivity index (χ3n) is 4.80. The molecule has 3 heterocycles. The molecule has 9 heteroatoms. The molecular formula is C17H23N5O4. The van der Waals surface area contributed by atoms with Crippen LogP contribution in [0.2, 0.25) is 0 Å². The zero-order valence-corrected chi connectivity index (χ0v) is 15.6. The molecule has 3 aromatic rings. The number of fused-ring (bicyclic) bond motifs is 3. The van der Waals surface area contributed by atoms with Crippen LogP contribution in [0.3, 0.4) is 0 Å². The summed E-state index contributed by atoms with van der Waals surface area (Å²) in [7, 11) is 3.21. The van der Waals surface area contributed by atoms with Crippen LogP contribution >= 0.6 is 0 Å². The van der Waals surface area contributed by atoms with Crippen LogP contribution in [0.5, 0.6) is 0 Å². The number of imidazole rings is 2. The fourth-order valence-corrected chi connectivity index (χ4v) is 3.19. The first kappa shape index (κ1) is 18.1. The zero-order chi connectivity index (χ0) is 19.2. The maximum Gasteiger partial charge on any atom is 0.333 e. The molecule has 0 saturated carbocycles. The highest BCUT2D eigenvalue weighted by atomic mass is 16.5. The quantitative estimate of drug-likeness (QED) is 0.601. The Morgan fingerprint density at radius 3 is 2.65 bits per heavy atom. The molecule has 140 valence electrons. The van der Waals surface area contributed by atoms with Crippen molar-refractivity contribution in [2.45, 2.75) is 39.8 Å². The predicted molar refractivity (Wildman–Crippen MR) is 96.8 cm³/mol. The number of nitrogens with zero attached hydrogens (tertiary/aromatic N) is 5. The lowest BCUT2D eigenvalue weighted by molar-refractivity contribution is -0.119. The van der Waals surface area contributed by atoms with Crippen LogP contribution in [-0.2, 0) is 23.1 Å². The van der Waals surface area contributed by atoms with Gasteiger partial charge in [-0.15, -0.1) is 0 Å². The van der Waals surface area contributed by atoms with Crippen molar-refractivity contribution in [3.05, 3.63) is 32.7 Å². The van der Waals surface area contributed by atoms with E-state index < -0.39 is 17.3 Å². The van der Waals surface area contributed by atoms with Gasteiger partial charge in [0, 0.05) is 39.2 Å². The van der Waals surface area contributed by atoms with E-state index in [1.165, 1.54) is 11.5 Å². The van der Waals surface area contributed by atoms with Crippen LogP contribution < -0.4 is 11.2 Å². The molecule has 0 saturated heterocycles. The number of hydrogen-bond acceptors (Lipinski definition) is 5. The van der Waals surface area contributed by atoms with Crippen molar-refractivity contribution >= 4 is 22.7 Å². The Hall–Kier alpha value is -2.68. The van der Waals surface area contributed by atoms with Crippen LogP contribution in [0.1, 0.15) is 32.0 Å². The zero-order valence-electron chi connectivity index (χ0n) is 15.6. The molecule has 0 amide bonds. The van der Waals surface area contributed by atoms with Crippen LogP contribution in [0.4, 0.5) is 0 Å². The Kier molecular flexibility index (Phi) is 4.57. The predicted octanol–water partition coefficient (Wildman–Crippen LogP) is 0.644. The summed E-state index contributed by atoms with van der Waals surface area (Å²) in [5, 5.41) is 0. The van der Waals surface area contributed by atoms with Crippen molar-refractivity contribution in [3.63, 3.8) is 0 Å². The molecule has 0 spiro atoms. The highest BCUT2D eigenvalue weighted by Gasteiger charge is 2.23. The summed E-state index contributed by atoms with van der Waals surface area (Å²) in [5.41, 5.74) is 0.497. The van der Waals surface area contributed by atoms with Crippen LogP contribution in [0.25, 0.3) is 16.9 Å². The van der Waals surface area contributed by atoms with E-state index in [-0.39, 0.29) is 5.78 Å². The molecule has 3 rings (SSSR count). The number of ketones is 1. The molecule has 0 aliphatic heterocycles. The van der Waals surface area contributed by atoms with Crippen LogP contribution in [0.15, 0.2) is 15.8 Å². The molecule has 26 heavy (non-hydrogen) atoms. The number of Topliss-reactive ketones (excluding diaryl/α,β-unsaturated/α-hetero) is 1. The van der Waals surface area contributed by atoms with Gasteiger partial charge in [0.2, 0.25) is 5.78 Å². The van der Waals surface area contributed by atoms with E-state index in [4.69, 9.17) is 4.74 Å². The summed E-state index contributed by atoms with van der Waals surface area (Å²) in [6, 6.07) is -0.832. The van der Waals surface area contributed by atoms with E-state index in [9.17, 15) is 14.4 Å². The molecule has 9 nitrogen and oxygen atoms in total. The SMILES string of the molecule is COCCCn1c(C)cn2c3c(=O)n(C(C)C(C)=O)c(=O)n(C)c3nc12. The monoisotopic (exact) mass is 361 g/mol. The Morgan fingerprint density at radius 2 is 2.04 bits per heavy atom. The first-order chi connectivity index (χ1) is 12.3. The van der Waals surface area contributed by atoms with Crippen molar-refractivity contribution in [1.82, 2.24) is 23.1 Å². The average Bonchev–Trinajstić information content (AvgIpc) is 3.09. The smallest absolute Gasteiger partial charge is 0.333 e. The lowest BCUT2D eigenvalue weighted by Gasteiger charge is -2.12. The minimum absolute atomic E-state index is 0.252. The van der Waals surface area contributed by atoms with Crippen molar-refractivity contribution < 1.29 is 9.53 Å². The van der Waals surface area contributed by atoms with Crippen molar-refractivity contribution in [3.8, 4) is 0 Å². The summed E-state index contributed by atoms with van der Waals surface area (Å²) in [4.78, 5) is 41.9. The molecule has 0 fully saturated rings. The minimum Gasteiger partial charge on any atom is -0.385 e. The Morgan fingerprint density at radius 1 is 1.35 bits per heavy atom. The van der Waals surface area contributed by atoms with Gasteiger partial charge in [0.05, 0.1) is 6.04 Å². The topological polar surface area (TPSA) is 92.5 Å². The molecule has 0 aliphatic rings. The fraction of sp³-hybridized carbons (Fsp3) is 0.529. The first-order valence-electron chi connectivity index (χ1n) is 8.48. The van der Waals surface area contributed by atoms with Crippen molar-refractivity contribution in [1.29, 1.82) is 0 Å². The number of aryl methyl sites for hydroxylation is 3. The van der Waals surface area contributed by atoms with E-state index in [0.29, 0.717) is 30.1 Å². The van der Waals surface area contributed by atoms with Gasteiger partial charge in [-0.05, 0) is 27.2 Å². The van der Waals surface area contributed by atoms with E-state index in [1.54, 1.807) is 25.5 Å². The van der Waals surface area contributed by atoms with Gasteiger partial charge in [-0.2, -0.15) is 4.98 Å². The molecule has 0 N–H and O–H groups in total. The van der Waals surface area contributed by atoms with Crippen LogP contribution in [0, 0.1) is 6.92 Å². The van der Waals surface area contributed by atoms with Gasteiger partial charge in [-0.3, -0.25) is 18.6 Å². The molecule has 0 aromatic carbocycles. The summed E-state index contributed by atoms with van der Waals surface area (Å²) < 4.78 is 11.1. The number of aromatic nitrogens is 5. The van der Waals surface area contributed by atoms with Crippen molar-refractivity contribution in [2.24, 2.45) is 7.05 Å². The second kappa shape index (κ2) is 6.56. The highest BCUT2D eigenvalue weighted by Crippen LogP contribution is 2.17.